The second-order valence-corrected chi connectivity index (χ2v) is 6.41. The van der Waals surface area contributed by atoms with Gasteiger partial charge in [0.05, 0.1) is 10.2 Å². The Morgan fingerprint density at radius 1 is 1.33 bits per heavy atom. The van der Waals surface area contributed by atoms with E-state index in [-0.39, 0.29) is 22.1 Å². The number of alkyl halides is 3. The van der Waals surface area contributed by atoms with Gasteiger partial charge in [0.15, 0.2) is 17.5 Å². The summed E-state index contributed by atoms with van der Waals surface area (Å²) in [5.74, 6) is -0.951. The van der Waals surface area contributed by atoms with Gasteiger partial charge in [0, 0.05) is 24.0 Å². The summed E-state index contributed by atoms with van der Waals surface area (Å²) in [6, 6.07) is 5.00. The van der Waals surface area contributed by atoms with E-state index < -0.39 is 18.9 Å². The van der Waals surface area contributed by atoms with Crippen LogP contribution in [0.3, 0.4) is 0 Å². The summed E-state index contributed by atoms with van der Waals surface area (Å²) >= 11 is 0.979. The highest BCUT2D eigenvalue weighted by molar-refractivity contribution is 7.22. The molecule has 3 aromatic rings. The number of benzene rings is 1. The van der Waals surface area contributed by atoms with Crippen molar-refractivity contribution in [1.29, 1.82) is 0 Å². The van der Waals surface area contributed by atoms with Crippen molar-refractivity contribution < 1.29 is 27.4 Å². The number of hydrogen-bond acceptors (Lipinski definition) is 6. The van der Waals surface area contributed by atoms with E-state index in [1.54, 1.807) is 6.92 Å². The zero-order valence-electron chi connectivity index (χ0n) is 13.7. The fourth-order valence-corrected chi connectivity index (χ4v) is 3.04. The number of carbonyl (C=O) groups is 1. The fourth-order valence-electron chi connectivity index (χ4n) is 2.13. The SMILES string of the molecule is Cc1cc(=O)c(OCC(=O)Nc2nc3ccc(OC(F)(F)F)cc3s2)c[nH]1. The Balaban J connectivity index is 1.65. The molecule has 0 radical (unpaired) electrons. The van der Waals surface area contributed by atoms with Crippen molar-refractivity contribution >= 4 is 32.6 Å². The Morgan fingerprint density at radius 2 is 2.11 bits per heavy atom. The Morgan fingerprint density at radius 3 is 2.81 bits per heavy atom. The summed E-state index contributed by atoms with van der Waals surface area (Å²) in [5, 5.41) is 2.65. The van der Waals surface area contributed by atoms with Gasteiger partial charge in [-0.2, -0.15) is 0 Å². The molecule has 0 saturated heterocycles. The number of aromatic amines is 1. The summed E-state index contributed by atoms with van der Waals surface area (Å²) < 4.78 is 46.2. The maximum Gasteiger partial charge on any atom is 0.573 e. The zero-order valence-corrected chi connectivity index (χ0v) is 14.5. The van der Waals surface area contributed by atoms with Gasteiger partial charge in [-0.3, -0.25) is 14.9 Å². The monoisotopic (exact) mass is 399 g/mol. The van der Waals surface area contributed by atoms with Gasteiger partial charge in [-0.25, -0.2) is 4.98 Å². The number of rotatable bonds is 5. The fraction of sp³-hybridized carbons (Fsp3) is 0.188. The second-order valence-electron chi connectivity index (χ2n) is 5.38. The predicted octanol–water partition coefficient (Wildman–Crippen LogP) is 3.21. The molecule has 1 amide bonds. The molecule has 0 spiro atoms. The van der Waals surface area contributed by atoms with Crippen LogP contribution in [0.2, 0.25) is 0 Å². The number of fused-ring (bicyclic) bond motifs is 1. The lowest BCUT2D eigenvalue weighted by Crippen LogP contribution is -2.22. The van der Waals surface area contributed by atoms with E-state index in [1.165, 1.54) is 24.4 Å². The Kier molecular flexibility index (Phi) is 5.04. The van der Waals surface area contributed by atoms with Crippen molar-refractivity contribution in [3.05, 3.63) is 46.4 Å². The van der Waals surface area contributed by atoms with Gasteiger partial charge in [0.1, 0.15) is 5.75 Å². The maximum atomic E-state index is 12.3. The highest BCUT2D eigenvalue weighted by atomic mass is 32.1. The zero-order chi connectivity index (χ0) is 19.6. The van der Waals surface area contributed by atoms with Gasteiger partial charge in [-0.1, -0.05) is 11.3 Å². The minimum Gasteiger partial charge on any atom is -0.478 e. The largest absolute Gasteiger partial charge is 0.573 e. The first-order valence-corrected chi connectivity index (χ1v) is 8.29. The maximum absolute atomic E-state index is 12.3. The normalized spacial score (nSPS) is 11.4. The molecule has 0 fully saturated rings. The summed E-state index contributed by atoms with van der Waals surface area (Å²) in [4.78, 5) is 30.5. The van der Waals surface area contributed by atoms with E-state index in [1.807, 2.05) is 0 Å². The van der Waals surface area contributed by atoms with Crippen LogP contribution in [0.4, 0.5) is 18.3 Å². The molecule has 0 bridgehead atoms. The van der Waals surface area contributed by atoms with Gasteiger partial charge in [0.25, 0.3) is 5.91 Å². The molecule has 1 aromatic carbocycles. The number of amides is 1. The van der Waals surface area contributed by atoms with Crippen LogP contribution < -0.4 is 20.2 Å². The molecule has 27 heavy (non-hydrogen) atoms. The number of nitrogens with one attached hydrogen (secondary N) is 2. The van der Waals surface area contributed by atoms with E-state index in [9.17, 15) is 22.8 Å². The second kappa shape index (κ2) is 7.27. The lowest BCUT2D eigenvalue weighted by atomic mass is 10.3. The van der Waals surface area contributed by atoms with Crippen LogP contribution in [0, 0.1) is 6.92 Å². The Bertz CT molecular complexity index is 1050. The lowest BCUT2D eigenvalue weighted by Gasteiger charge is -2.07. The Labute approximate surface area is 153 Å². The van der Waals surface area contributed by atoms with Crippen molar-refractivity contribution in [3.8, 4) is 11.5 Å². The van der Waals surface area contributed by atoms with Crippen molar-refractivity contribution in [3.63, 3.8) is 0 Å². The summed E-state index contributed by atoms with van der Waals surface area (Å²) in [6.07, 6.45) is -3.44. The van der Waals surface area contributed by atoms with Gasteiger partial charge >= 0.3 is 6.36 Å². The lowest BCUT2D eigenvalue weighted by molar-refractivity contribution is -0.274. The van der Waals surface area contributed by atoms with Gasteiger partial charge < -0.3 is 14.5 Å². The number of thiazole rings is 1. The highest BCUT2D eigenvalue weighted by Gasteiger charge is 2.31. The van der Waals surface area contributed by atoms with Crippen LogP contribution >= 0.6 is 11.3 Å². The summed E-state index contributed by atoms with van der Waals surface area (Å²) in [6.45, 7) is 1.28. The Hall–Kier alpha value is -3.08. The van der Waals surface area contributed by atoms with Gasteiger partial charge in [-0.15, -0.1) is 13.2 Å². The van der Waals surface area contributed by atoms with Gasteiger partial charge in [-0.05, 0) is 19.1 Å². The number of nitrogens with zero attached hydrogens (tertiary/aromatic N) is 1. The number of halogens is 3. The van der Waals surface area contributed by atoms with Crippen LogP contribution in [-0.2, 0) is 4.79 Å². The van der Waals surface area contributed by atoms with Crippen molar-refractivity contribution in [2.45, 2.75) is 13.3 Å². The third-order valence-electron chi connectivity index (χ3n) is 3.22. The highest BCUT2D eigenvalue weighted by Crippen LogP contribution is 2.31. The topological polar surface area (TPSA) is 93.3 Å². The molecular formula is C16H12F3N3O4S. The molecule has 2 heterocycles. The van der Waals surface area contributed by atoms with E-state index in [2.05, 4.69) is 20.0 Å². The number of aryl methyl sites for hydroxylation is 1. The van der Waals surface area contributed by atoms with Crippen LogP contribution in [0.15, 0.2) is 35.3 Å². The standard InChI is InChI=1S/C16H12F3N3O4S/c1-8-4-11(23)12(6-20-8)25-7-14(24)22-15-21-10-3-2-9(5-13(10)27-15)26-16(17,18)19/h2-6H,7H2,1H3,(H,20,23)(H,21,22,24). The van der Waals surface area contributed by atoms with Gasteiger partial charge in [0.2, 0.25) is 5.43 Å². The number of pyridine rings is 1. The summed E-state index contributed by atoms with van der Waals surface area (Å²) in [5.41, 5.74) is 0.692. The molecule has 142 valence electrons. The van der Waals surface area contributed by atoms with Crippen LogP contribution in [-0.4, -0.2) is 28.8 Å². The first-order valence-electron chi connectivity index (χ1n) is 7.48. The number of aromatic nitrogens is 2. The predicted molar refractivity (Wildman–Crippen MR) is 92.2 cm³/mol. The average molecular weight is 399 g/mol. The first kappa shape index (κ1) is 18.7. The minimum atomic E-state index is -4.79. The van der Waals surface area contributed by atoms with E-state index >= 15 is 0 Å². The molecule has 2 aromatic heterocycles. The molecule has 0 aliphatic rings. The third-order valence-corrected chi connectivity index (χ3v) is 4.15. The molecule has 0 unspecified atom stereocenters. The first-order chi connectivity index (χ1) is 12.7. The number of anilines is 1. The molecule has 0 aliphatic carbocycles. The number of carbonyl (C=O) groups excluding carboxylic acids is 1. The summed E-state index contributed by atoms with van der Waals surface area (Å²) in [7, 11) is 0. The number of H-pyrrole nitrogens is 1. The quantitative estimate of drug-likeness (QED) is 0.687. The van der Waals surface area contributed by atoms with Crippen molar-refractivity contribution in [1.82, 2.24) is 9.97 Å². The smallest absolute Gasteiger partial charge is 0.478 e. The van der Waals surface area contributed by atoms with E-state index in [0.717, 1.165) is 17.4 Å². The number of ether oxygens (including phenoxy) is 2. The van der Waals surface area contributed by atoms with E-state index in [0.29, 0.717) is 15.9 Å². The average Bonchev–Trinajstić information content (AvgIpc) is 2.93. The molecular weight excluding hydrogens is 387 g/mol. The van der Waals surface area contributed by atoms with Crippen LogP contribution in [0.25, 0.3) is 10.2 Å². The third kappa shape index (κ3) is 4.97. The van der Waals surface area contributed by atoms with Crippen molar-refractivity contribution in [2.75, 3.05) is 11.9 Å². The van der Waals surface area contributed by atoms with Crippen LogP contribution in [0.5, 0.6) is 11.5 Å². The van der Waals surface area contributed by atoms with E-state index in [4.69, 9.17) is 4.74 Å². The minimum absolute atomic E-state index is 0.00556. The molecule has 0 saturated carbocycles. The molecule has 11 heteroatoms. The molecule has 0 aliphatic heterocycles. The molecule has 3 rings (SSSR count). The van der Waals surface area contributed by atoms with Crippen LogP contribution in [0.1, 0.15) is 5.69 Å². The molecule has 7 nitrogen and oxygen atoms in total. The van der Waals surface area contributed by atoms with Crippen molar-refractivity contribution in [2.24, 2.45) is 0 Å². The molecule has 2 N–H and O–H groups in total. The number of hydrogen-bond donors (Lipinski definition) is 2. The molecule has 0 atom stereocenters.